The summed E-state index contributed by atoms with van der Waals surface area (Å²) in [5.74, 6) is 0.835. The molecule has 0 saturated carbocycles. The molecular formula is C11H16N2O2. The molecule has 4 nitrogen and oxygen atoms in total. The molecule has 1 aromatic heterocycles. The lowest BCUT2D eigenvalue weighted by Gasteiger charge is -2.22. The van der Waals surface area contributed by atoms with Gasteiger partial charge in [0.1, 0.15) is 5.76 Å². The van der Waals surface area contributed by atoms with E-state index >= 15 is 0 Å². The lowest BCUT2D eigenvalue weighted by atomic mass is 9.99. The van der Waals surface area contributed by atoms with E-state index in [1.54, 1.807) is 6.26 Å². The van der Waals surface area contributed by atoms with Crippen LogP contribution in [0.4, 0.5) is 0 Å². The predicted octanol–water partition coefficient (Wildman–Crippen LogP) is 1.04. The fourth-order valence-corrected chi connectivity index (χ4v) is 1.86. The van der Waals surface area contributed by atoms with Crippen molar-refractivity contribution in [2.75, 3.05) is 6.54 Å². The predicted molar refractivity (Wildman–Crippen MR) is 56.2 cm³/mol. The van der Waals surface area contributed by atoms with Crippen LogP contribution in [0.15, 0.2) is 22.8 Å². The maximum absolute atomic E-state index is 11.8. The van der Waals surface area contributed by atoms with E-state index in [9.17, 15) is 4.79 Å². The standard InChI is InChI=1S/C11H16N2O2/c1-11(5-3-6-13-11)10(14)12-8-9-4-2-7-15-9/h2,4,7,13H,3,5-6,8H2,1H3,(H,12,14). The zero-order chi connectivity index (χ0) is 10.7. The zero-order valence-electron chi connectivity index (χ0n) is 8.88. The topological polar surface area (TPSA) is 54.3 Å². The Morgan fingerprint density at radius 2 is 2.60 bits per heavy atom. The Labute approximate surface area is 89.0 Å². The van der Waals surface area contributed by atoms with Gasteiger partial charge in [-0.25, -0.2) is 0 Å². The van der Waals surface area contributed by atoms with E-state index in [1.165, 1.54) is 0 Å². The number of carbonyl (C=O) groups is 1. The molecule has 1 aromatic rings. The Morgan fingerprint density at radius 1 is 1.73 bits per heavy atom. The first-order valence-electron chi connectivity index (χ1n) is 5.26. The summed E-state index contributed by atoms with van der Waals surface area (Å²) >= 11 is 0. The van der Waals surface area contributed by atoms with Crippen molar-refractivity contribution in [3.05, 3.63) is 24.2 Å². The number of rotatable bonds is 3. The van der Waals surface area contributed by atoms with Crippen LogP contribution in [0.2, 0.25) is 0 Å². The van der Waals surface area contributed by atoms with Crippen molar-refractivity contribution in [3.63, 3.8) is 0 Å². The summed E-state index contributed by atoms with van der Waals surface area (Å²) < 4.78 is 5.14. The van der Waals surface area contributed by atoms with E-state index in [0.717, 1.165) is 25.1 Å². The van der Waals surface area contributed by atoms with Crippen LogP contribution in [0, 0.1) is 0 Å². The summed E-state index contributed by atoms with van der Waals surface area (Å²) in [6.07, 6.45) is 3.57. The third-order valence-corrected chi connectivity index (χ3v) is 2.87. The molecule has 0 bridgehead atoms. The van der Waals surface area contributed by atoms with Gasteiger partial charge in [0.2, 0.25) is 5.91 Å². The molecule has 1 saturated heterocycles. The highest BCUT2D eigenvalue weighted by molar-refractivity contribution is 5.86. The van der Waals surface area contributed by atoms with Crippen molar-refractivity contribution >= 4 is 5.91 Å². The molecule has 82 valence electrons. The van der Waals surface area contributed by atoms with Gasteiger partial charge in [-0.3, -0.25) is 4.79 Å². The van der Waals surface area contributed by atoms with Gasteiger partial charge < -0.3 is 15.1 Å². The second-order valence-corrected chi connectivity index (χ2v) is 4.12. The van der Waals surface area contributed by atoms with Crippen molar-refractivity contribution in [2.45, 2.75) is 31.8 Å². The molecule has 1 amide bonds. The van der Waals surface area contributed by atoms with E-state index in [2.05, 4.69) is 10.6 Å². The number of nitrogens with one attached hydrogen (secondary N) is 2. The lowest BCUT2D eigenvalue weighted by molar-refractivity contribution is -0.126. The van der Waals surface area contributed by atoms with Gasteiger partial charge in [-0.1, -0.05) is 0 Å². The van der Waals surface area contributed by atoms with Crippen molar-refractivity contribution in [1.29, 1.82) is 0 Å². The van der Waals surface area contributed by atoms with Crippen molar-refractivity contribution < 1.29 is 9.21 Å². The van der Waals surface area contributed by atoms with Crippen LogP contribution in [0.5, 0.6) is 0 Å². The Bertz CT molecular complexity index is 326. The highest BCUT2D eigenvalue weighted by atomic mass is 16.3. The van der Waals surface area contributed by atoms with E-state index in [4.69, 9.17) is 4.42 Å². The summed E-state index contributed by atoms with van der Waals surface area (Å²) in [4.78, 5) is 11.8. The lowest BCUT2D eigenvalue weighted by Crippen LogP contribution is -2.50. The van der Waals surface area contributed by atoms with Gasteiger partial charge in [0, 0.05) is 0 Å². The van der Waals surface area contributed by atoms with E-state index < -0.39 is 5.54 Å². The SMILES string of the molecule is CC1(C(=O)NCc2ccco2)CCCN1. The van der Waals surface area contributed by atoms with Crippen LogP contribution in [0.1, 0.15) is 25.5 Å². The number of carbonyl (C=O) groups excluding carboxylic acids is 1. The quantitative estimate of drug-likeness (QED) is 0.780. The summed E-state index contributed by atoms with van der Waals surface area (Å²) in [5, 5.41) is 6.09. The van der Waals surface area contributed by atoms with Gasteiger partial charge in [0.25, 0.3) is 0 Å². The van der Waals surface area contributed by atoms with Gasteiger partial charge in [-0.15, -0.1) is 0 Å². The smallest absolute Gasteiger partial charge is 0.240 e. The number of amides is 1. The monoisotopic (exact) mass is 208 g/mol. The molecule has 0 radical (unpaired) electrons. The second-order valence-electron chi connectivity index (χ2n) is 4.12. The highest BCUT2D eigenvalue weighted by Gasteiger charge is 2.35. The Morgan fingerprint density at radius 3 is 3.20 bits per heavy atom. The number of hydrogen-bond donors (Lipinski definition) is 2. The molecule has 15 heavy (non-hydrogen) atoms. The first-order chi connectivity index (χ1) is 7.21. The highest BCUT2D eigenvalue weighted by Crippen LogP contribution is 2.18. The summed E-state index contributed by atoms with van der Waals surface area (Å²) in [7, 11) is 0. The minimum absolute atomic E-state index is 0.0522. The summed E-state index contributed by atoms with van der Waals surface area (Å²) in [6, 6.07) is 3.67. The molecule has 1 aliphatic rings. The van der Waals surface area contributed by atoms with Crippen LogP contribution < -0.4 is 10.6 Å². The molecule has 1 aliphatic heterocycles. The molecule has 4 heteroatoms. The molecule has 0 aliphatic carbocycles. The van der Waals surface area contributed by atoms with Gasteiger partial charge >= 0.3 is 0 Å². The Kier molecular flexibility index (Phi) is 2.77. The normalized spacial score (nSPS) is 25.4. The number of hydrogen-bond acceptors (Lipinski definition) is 3. The maximum Gasteiger partial charge on any atom is 0.240 e. The average Bonchev–Trinajstić information content (AvgIpc) is 2.85. The van der Waals surface area contributed by atoms with Crippen molar-refractivity contribution in [1.82, 2.24) is 10.6 Å². The summed E-state index contributed by atoms with van der Waals surface area (Å²) in [6.45, 7) is 3.32. The molecule has 1 unspecified atom stereocenters. The fraction of sp³-hybridized carbons (Fsp3) is 0.545. The minimum Gasteiger partial charge on any atom is -0.467 e. The third-order valence-electron chi connectivity index (χ3n) is 2.87. The Balaban J connectivity index is 1.87. The van der Waals surface area contributed by atoms with Gasteiger partial charge in [-0.05, 0) is 38.4 Å². The zero-order valence-corrected chi connectivity index (χ0v) is 8.88. The van der Waals surface area contributed by atoms with E-state index in [0.29, 0.717) is 6.54 Å². The Hall–Kier alpha value is -1.29. The minimum atomic E-state index is -0.396. The molecule has 2 heterocycles. The van der Waals surface area contributed by atoms with Gasteiger partial charge in [0.15, 0.2) is 0 Å². The van der Waals surface area contributed by atoms with E-state index in [-0.39, 0.29) is 5.91 Å². The average molecular weight is 208 g/mol. The largest absolute Gasteiger partial charge is 0.467 e. The molecule has 0 spiro atoms. The molecule has 2 N–H and O–H groups in total. The first kappa shape index (κ1) is 10.2. The van der Waals surface area contributed by atoms with Gasteiger partial charge in [0.05, 0.1) is 18.3 Å². The van der Waals surface area contributed by atoms with E-state index in [1.807, 2.05) is 19.1 Å². The molecule has 2 rings (SSSR count). The second kappa shape index (κ2) is 4.06. The molecule has 0 aromatic carbocycles. The van der Waals surface area contributed by atoms with Crippen LogP contribution in [0.25, 0.3) is 0 Å². The maximum atomic E-state index is 11.8. The summed E-state index contributed by atoms with van der Waals surface area (Å²) in [5.41, 5.74) is -0.396. The molecule has 1 fully saturated rings. The van der Waals surface area contributed by atoms with Crippen LogP contribution in [-0.4, -0.2) is 18.0 Å². The molecular weight excluding hydrogens is 192 g/mol. The number of furan rings is 1. The van der Waals surface area contributed by atoms with Crippen molar-refractivity contribution in [2.24, 2.45) is 0 Å². The van der Waals surface area contributed by atoms with Crippen LogP contribution in [-0.2, 0) is 11.3 Å². The van der Waals surface area contributed by atoms with Gasteiger partial charge in [-0.2, -0.15) is 0 Å². The molecule has 1 atom stereocenters. The van der Waals surface area contributed by atoms with Crippen LogP contribution >= 0.6 is 0 Å². The fourth-order valence-electron chi connectivity index (χ4n) is 1.86. The third kappa shape index (κ3) is 2.21. The van der Waals surface area contributed by atoms with Crippen molar-refractivity contribution in [3.8, 4) is 0 Å². The van der Waals surface area contributed by atoms with Crippen LogP contribution in [0.3, 0.4) is 0 Å². The first-order valence-corrected chi connectivity index (χ1v) is 5.26.